The van der Waals surface area contributed by atoms with E-state index in [1.807, 2.05) is 30.3 Å². The van der Waals surface area contributed by atoms with Crippen LogP contribution in [0, 0.1) is 0 Å². The molecule has 0 bridgehead atoms. The number of benzene rings is 1. The highest BCUT2D eigenvalue weighted by Gasteiger charge is 2.03. The molecule has 2 aromatic heterocycles. The summed E-state index contributed by atoms with van der Waals surface area (Å²) in [6.07, 6.45) is 3.49. The fourth-order valence-electron chi connectivity index (χ4n) is 2.00. The molecule has 20 heavy (non-hydrogen) atoms. The van der Waals surface area contributed by atoms with Gasteiger partial charge < -0.3 is 13.9 Å². The summed E-state index contributed by atoms with van der Waals surface area (Å²) in [6.45, 7) is 1.06. The van der Waals surface area contributed by atoms with Crippen LogP contribution in [0.15, 0.2) is 53.3 Å². The number of methoxy groups -OCH3 is 1. The smallest absolute Gasteiger partial charge is 0.213 e. The summed E-state index contributed by atoms with van der Waals surface area (Å²) in [5.41, 5.74) is 2.98. The number of fused-ring (bicyclic) bond motifs is 1. The van der Waals surface area contributed by atoms with Gasteiger partial charge in [-0.1, -0.05) is 12.1 Å². The van der Waals surface area contributed by atoms with Gasteiger partial charge in [0.05, 0.1) is 12.9 Å². The Hall–Kier alpha value is -2.33. The largest absolute Gasteiger partial charge is 0.475 e. The first-order chi connectivity index (χ1) is 9.86. The summed E-state index contributed by atoms with van der Waals surface area (Å²) in [4.78, 5) is 4.29. The van der Waals surface area contributed by atoms with Crippen LogP contribution in [-0.2, 0) is 4.74 Å². The molecule has 2 heterocycles. The van der Waals surface area contributed by atoms with E-state index in [1.54, 1.807) is 19.6 Å². The van der Waals surface area contributed by atoms with Crippen LogP contribution in [0.2, 0.25) is 0 Å². The van der Waals surface area contributed by atoms with Crippen LogP contribution >= 0.6 is 0 Å². The number of nitrogens with zero attached hydrogens (tertiary/aromatic N) is 1. The van der Waals surface area contributed by atoms with Crippen molar-refractivity contribution in [3.8, 4) is 17.0 Å². The topological polar surface area (TPSA) is 44.5 Å². The minimum Gasteiger partial charge on any atom is -0.475 e. The third kappa shape index (κ3) is 2.65. The molecule has 0 saturated carbocycles. The highest BCUT2D eigenvalue weighted by Crippen LogP contribution is 2.25. The zero-order valence-corrected chi connectivity index (χ0v) is 11.2. The summed E-state index contributed by atoms with van der Waals surface area (Å²) < 4.78 is 15.8. The molecule has 0 spiro atoms. The standard InChI is InChI=1S/C16H15NO3/c1-18-8-9-20-16-5-4-14(11-17-16)13-3-2-12-6-7-19-15(12)10-13/h2-7,10-11H,8-9H2,1H3. The van der Waals surface area contributed by atoms with Crippen LogP contribution in [0.1, 0.15) is 0 Å². The Labute approximate surface area is 117 Å². The molecule has 0 aliphatic carbocycles. The van der Waals surface area contributed by atoms with Crippen molar-refractivity contribution >= 4 is 11.0 Å². The lowest BCUT2D eigenvalue weighted by Gasteiger charge is -2.05. The van der Waals surface area contributed by atoms with Crippen molar-refractivity contribution in [3.05, 3.63) is 48.9 Å². The lowest BCUT2D eigenvalue weighted by Crippen LogP contribution is -2.05. The van der Waals surface area contributed by atoms with Crippen molar-refractivity contribution < 1.29 is 13.9 Å². The van der Waals surface area contributed by atoms with E-state index in [1.165, 1.54) is 0 Å². The van der Waals surface area contributed by atoms with Crippen LogP contribution in [-0.4, -0.2) is 25.3 Å². The average Bonchev–Trinajstić information content (AvgIpc) is 2.96. The first kappa shape index (κ1) is 12.7. The van der Waals surface area contributed by atoms with Crippen molar-refractivity contribution in [1.82, 2.24) is 4.98 Å². The van der Waals surface area contributed by atoms with Gasteiger partial charge in [0, 0.05) is 30.3 Å². The van der Waals surface area contributed by atoms with Gasteiger partial charge in [-0.3, -0.25) is 0 Å². The molecule has 0 aliphatic rings. The van der Waals surface area contributed by atoms with Crippen molar-refractivity contribution in [1.29, 1.82) is 0 Å². The predicted molar refractivity (Wildman–Crippen MR) is 76.8 cm³/mol. The van der Waals surface area contributed by atoms with Gasteiger partial charge in [-0.2, -0.15) is 0 Å². The molecule has 4 nitrogen and oxygen atoms in total. The third-order valence-electron chi connectivity index (χ3n) is 3.06. The second kappa shape index (κ2) is 5.75. The fraction of sp³-hybridized carbons (Fsp3) is 0.188. The van der Waals surface area contributed by atoms with E-state index >= 15 is 0 Å². The molecule has 0 saturated heterocycles. The summed E-state index contributed by atoms with van der Waals surface area (Å²) in [7, 11) is 1.64. The number of ether oxygens (including phenoxy) is 2. The predicted octanol–water partition coefficient (Wildman–Crippen LogP) is 3.52. The first-order valence-electron chi connectivity index (χ1n) is 6.42. The maximum atomic E-state index is 5.44. The first-order valence-corrected chi connectivity index (χ1v) is 6.42. The van der Waals surface area contributed by atoms with Gasteiger partial charge in [0.15, 0.2) is 0 Å². The van der Waals surface area contributed by atoms with E-state index in [4.69, 9.17) is 13.9 Å². The molecule has 0 N–H and O–H groups in total. The lowest BCUT2D eigenvalue weighted by molar-refractivity contribution is 0.144. The van der Waals surface area contributed by atoms with Gasteiger partial charge in [-0.05, 0) is 23.8 Å². The van der Waals surface area contributed by atoms with Gasteiger partial charge in [0.2, 0.25) is 5.88 Å². The molecule has 3 rings (SSSR count). The van der Waals surface area contributed by atoms with Gasteiger partial charge in [-0.25, -0.2) is 4.98 Å². The molecule has 0 aliphatic heterocycles. The van der Waals surface area contributed by atoms with E-state index in [-0.39, 0.29) is 0 Å². The number of hydrogen-bond acceptors (Lipinski definition) is 4. The highest BCUT2D eigenvalue weighted by atomic mass is 16.5. The summed E-state index contributed by atoms with van der Waals surface area (Å²) in [5, 5.41) is 1.10. The Balaban J connectivity index is 1.79. The highest BCUT2D eigenvalue weighted by molar-refractivity contribution is 5.82. The normalized spacial score (nSPS) is 10.8. The molecule has 0 atom stereocenters. The molecule has 4 heteroatoms. The Morgan fingerprint density at radius 1 is 1.05 bits per heavy atom. The van der Waals surface area contributed by atoms with Gasteiger partial charge in [0.1, 0.15) is 12.2 Å². The molecule has 0 radical (unpaired) electrons. The molecule has 0 fully saturated rings. The number of hydrogen-bond donors (Lipinski definition) is 0. The Morgan fingerprint density at radius 2 is 1.95 bits per heavy atom. The van der Waals surface area contributed by atoms with Gasteiger partial charge in [0.25, 0.3) is 0 Å². The Bertz CT molecular complexity index is 688. The van der Waals surface area contributed by atoms with Crippen molar-refractivity contribution in [2.45, 2.75) is 0 Å². The van der Waals surface area contributed by atoms with Crippen molar-refractivity contribution in [3.63, 3.8) is 0 Å². The van der Waals surface area contributed by atoms with E-state index in [9.17, 15) is 0 Å². The van der Waals surface area contributed by atoms with Crippen LogP contribution < -0.4 is 4.74 Å². The molecular formula is C16H15NO3. The Morgan fingerprint density at radius 3 is 2.75 bits per heavy atom. The van der Waals surface area contributed by atoms with Gasteiger partial charge >= 0.3 is 0 Å². The van der Waals surface area contributed by atoms with E-state index < -0.39 is 0 Å². The maximum Gasteiger partial charge on any atom is 0.213 e. The number of rotatable bonds is 5. The minimum atomic E-state index is 0.501. The van der Waals surface area contributed by atoms with E-state index in [2.05, 4.69) is 11.1 Å². The van der Waals surface area contributed by atoms with Crippen LogP contribution in [0.3, 0.4) is 0 Å². The summed E-state index contributed by atoms with van der Waals surface area (Å²) in [6, 6.07) is 11.9. The number of aromatic nitrogens is 1. The SMILES string of the molecule is COCCOc1ccc(-c2ccc3ccoc3c2)cn1. The van der Waals surface area contributed by atoms with Gasteiger partial charge in [-0.15, -0.1) is 0 Å². The van der Waals surface area contributed by atoms with Crippen LogP contribution in [0.4, 0.5) is 0 Å². The molecule has 0 amide bonds. The zero-order chi connectivity index (χ0) is 13.8. The average molecular weight is 269 g/mol. The number of pyridine rings is 1. The van der Waals surface area contributed by atoms with Crippen molar-refractivity contribution in [2.24, 2.45) is 0 Å². The second-order valence-electron chi connectivity index (χ2n) is 4.40. The third-order valence-corrected chi connectivity index (χ3v) is 3.06. The molecule has 102 valence electrons. The Kier molecular flexibility index (Phi) is 3.65. The molecule has 3 aromatic rings. The lowest BCUT2D eigenvalue weighted by atomic mass is 10.1. The quantitative estimate of drug-likeness (QED) is 0.665. The fourth-order valence-corrected chi connectivity index (χ4v) is 2.00. The molecular weight excluding hydrogens is 254 g/mol. The maximum absolute atomic E-state index is 5.44. The van der Waals surface area contributed by atoms with Crippen LogP contribution in [0.5, 0.6) is 5.88 Å². The minimum absolute atomic E-state index is 0.501. The molecule has 1 aromatic carbocycles. The zero-order valence-electron chi connectivity index (χ0n) is 11.2. The number of furan rings is 1. The summed E-state index contributed by atoms with van der Waals surface area (Å²) in [5.74, 6) is 0.602. The monoisotopic (exact) mass is 269 g/mol. The van der Waals surface area contributed by atoms with E-state index in [0.717, 1.165) is 22.1 Å². The molecule has 0 unspecified atom stereocenters. The van der Waals surface area contributed by atoms with E-state index in [0.29, 0.717) is 19.1 Å². The summed E-state index contributed by atoms with van der Waals surface area (Å²) >= 11 is 0. The second-order valence-corrected chi connectivity index (χ2v) is 4.40. The van der Waals surface area contributed by atoms with Crippen LogP contribution in [0.25, 0.3) is 22.1 Å². The van der Waals surface area contributed by atoms with Crippen molar-refractivity contribution in [2.75, 3.05) is 20.3 Å².